The molecule has 1 saturated carbocycles. The van der Waals surface area contributed by atoms with Crippen molar-refractivity contribution in [2.75, 3.05) is 14.2 Å². The predicted molar refractivity (Wildman–Crippen MR) is 74.0 cm³/mol. The summed E-state index contributed by atoms with van der Waals surface area (Å²) < 4.78 is 10.5. The number of hydrogen-bond donors (Lipinski definition) is 2. The maximum Gasteiger partial charge on any atom is 0.256 e. The minimum atomic E-state index is -0.572. The Morgan fingerprint density at radius 1 is 1.30 bits per heavy atom. The first kappa shape index (κ1) is 12.8. The second kappa shape index (κ2) is 5.03. The maximum absolute atomic E-state index is 12.1. The number of aliphatic imine (C=N–C) groups is 1. The summed E-state index contributed by atoms with van der Waals surface area (Å²) in [4.78, 5) is 16.5. The van der Waals surface area contributed by atoms with Crippen molar-refractivity contribution in [1.82, 2.24) is 10.6 Å². The molecule has 1 aliphatic heterocycles. The molecule has 0 radical (unpaired) electrons. The first-order chi connectivity index (χ1) is 9.71. The Labute approximate surface area is 117 Å². The first-order valence-electron chi connectivity index (χ1n) is 6.58. The van der Waals surface area contributed by atoms with Crippen molar-refractivity contribution in [2.45, 2.75) is 24.9 Å². The van der Waals surface area contributed by atoms with Crippen molar-refractivity contribution in [3.8, 4) is 11.5 Å². The zero-order valence-electron chi connectivity index (χ0n) is 11.5. The molecule has 1 atom stereocenters. The lowest BCUT2D eigenvalue weighted by Crippen LogP contribution is -2.37. The number of ether oxygens (including phenoxy) is 2. The van der Waals surface area contributed by atoms with Crippen LogP contribution in [0.25, 0.3) is 0 Å². The van der Waals surface area contributed by atoms with Crippen molar-refractivity contribution in [3.63, 3.8) is 0 Å². The van der Waals surface area contributed by atoms with Crippen molar-refractivity contribution in [2.24, 2.45) is 4.99 Å². The van der Waals surface area contributed by atoms with Gasteiger partial charge in [0.15, 0.2) is 12.0 Å². The molecule has 0 saturated heterocycles. The predicted octanol–water partition coefficient (Wildman–Crippen LogP) is 0.983. The molecule has 2 aliphatic rings. The van der Waals surface area contributed by atoms with Gasteiger partial charge in [-0.2, -0.15) is 0 Å². The molecule has 1 aromatic rings. The first-order valence-corrected chi connectivity index (χ1v) is 6.58. The van der Waals surface area contributed by atoms with Crippen LogP contribution in [0.4, 0.5) is 0 Å². The van der Waals surface area contributed by atoms with Crippen molar-refractivity contribution >= 4 is 11.9 Å². The van der Waals surface area contributed by atoms with Crippen molar-refractivity contribution < 1.29 is 14.3 Å². The standard InChI is InChI=1S/C14H17N3O3/c1-19-9-5-6-10(11(7-9)20-2)12-13(18)17-14(16-12)15-8-3-4-8/h5-8,12H,3-4H2,1-2H3,(H2,15,16,17,18). The molecule has 3 rings (SSSR count). The average molecular weight is 275 g/mol. The van der Waals surface area contributed by atoms with Gasteiger partial charge < -0.3 is 14.8 Å². The Kier molecular flexibility index (Phi) is 3.22. The molecular weight excluding hydrogens is 258 g/mol. The summed E-state index contributed by atoms with van der Waals surface area (Å²) >= 11 is 0. The van der Waals surface area contributed by atoms with Crippen molar-refractivity contribution in [3.05, 3.63) is 23.8 Å². The molecule has 0 bridgehead atoms. The lowest BCUT2D eigenvalue weighted by Gasteiger charge is -2.12. The van der Waals surface area contributed by atoms with Crippen LogP contribution in [0.3, 0.4) is 0 Å². The number of benzene rings is 1. The average Bonchev–Trinajstić information content (AvgIpc) is 3.20. The fraction of sp³-hybridized carbons (Fsp3) is 0.429. The van der Waals surface area contributed by atoms with Crippen LogP contribution in [0, 0.1) is 0 Å². The third-order valence-electron chi connectivity index (χ3n) is 3.40. The Bertz CT molecular complexity index is 567. The fourth-order valence-corrected chi connectivity index (χ4v) is 2.15. The SMILES string of the molecule is COc1ccc(C2N=C(NC3CC3)NC2=O)c(OC)c1. The molecule has 1 unspecified atom stereocenters. The van der Waals surface area contributed by atoms with E-state index in [2.05, 4.69) is 15.6 Å². The summed E-state index contributed by atoms with van der Waals surface area (Å²) in [5, 5.41) is 5.96. The zero-order chi connectivity index (χ0) is 14.1. The molecule has 1 aromatic carbocycles. The maximum atomic E-state index is 12.1. The minimum absolute atomic E-state index is 0.142. The Morgan fingerprint density at radius 3 is 2.75 bits per heavy atom. The van der Waals surface area contributed by atoms with Crippen LogP contribution >= 0.6 is 0 Å². The van der Waals surface area contributed by atoms with E-state index >= 15 is 0 Å². The number of carbonyl (C=O) groups is 1. The van der Waals surface area contributed by atoms with E-state index in [1.165, 1.54) is 0 Å². The molecule has 1 amide bonds. The highest BCUT2D eigenvalue weighted by Gasteiger charge is 2.33. The molecule has 0 spiro atoms. The highest BCUT2D eigenvalue weighted by atomic mass is 16.5. The Hall–Kier alpha value is -2.24. The van der Waals surface area contributed by atoms with Gasteiger partial charge in [-0.3, -0.25) is 10.1 Å². The monoisotopic (exact) mass is 275 g/mol. The largest absolute Gasteiger partial charge is 0.497 e. The topological polar surface area (TPSA) is 72.0 Å². The number of amides is 1. The number of nitrogens with one attached hydrogen (secondary N) is 2. The van der Waals surface area contributed by atoms with Crippen LogP contribution in [0.1, 0.15) is 24.4 Å². The van der Waals surface area contributed by atoms with Crippen LogP contribution in [0.15, 0.2) is 23.2 Å². The molecule has 6 nitrogen and oxygen atoms in total. The molecule has 1 heterocycles. The van der Waals surface area contributed by atoms with E-state index < -0.39 is 6.04 Å². The summed E-state index contributed by atoms with van der Waals surface area (Å²) in [6, 6.07) is 5.24. The number of nitrogens with zero attached hydrogens (tertiary/aromatic N) is 1. The molecule has 2 N–H and O–H groups in total. The van der Waals surface area contributed by atoms with Crippen LogP contribution in [0.5, 0.6) is 11.5 Å². The zero-order valence-corrected chi connectivity index (χ0v) is 11.5. The van der Waals surface area contributed by atoms with Crippen LogP contribution < -0.4 is 20.1 Å². The minimum Gasteiger partial charge on any atom is -0.497 e. The summed E-state index contributed by atoms with van der Waals surface area (Å²) in [5.41, 5.74) is 0.735. The van der Waals surface area contributed by atoms with E-state index in [1.807, 2.05) is 6.07 Å². The number of rotatable bonds is 4. The van der Waals surface area contributed by atoms with E-state index in [0.717, 1.165) is 18.4 Å². The highest BCUT2D eigenvalue weighted by molar-refractivity contribution is 6.05. The van der Waals surface area contributed by atoms with Gasteiger partial charge in [0.25, 0.3) is 5.91 Å². The molecule has 20 heavy (non-hydrogen) atoms. The van der Waals surface area contributed by atoms with Gasteiger partial charge in [-0.05, 0) is 25.0 Å². The van der Waals surface area contributed by atoms with Crippen molar-refractivity contribution in [1.29, 1.82) is 0 Å². The summed E-state index contributed by atoms with van der Waals surface area (Å²) in [6.07, 6.45) is 2.26. The summed E-state index contributed by atoms with van der Waals surface area (Å²) in [6.45, 7) is 0. The van der Waals surface area contributed by atoms with E-state index in [4.69, 9.17) is 9.47 Å². The van der Waals surface area contributed by atoms with E-state index in [1.54, 1.807) is 26.4 Å². The van der Waals surface area contributed by atoms with Crippen LogP contribution in [-0.4, -0.2) is 32.1 Å². The second-order valence-corrected chi connectivity index (χ2v) is 4.90. The number of methoxy groups -OCH3 is 2. The van der Waals surface area contributed by atoms with Gasteiger partial charge in [-0.15, -0.1) is 0 Å². The van der Waals surface area contributed by atoms with Gasteiger partial charge in [0.2, 0.25) is 0 Å². The van der Waals surface area contributed by atoms with E-state index in [9.17, 15) is 4.79 Å². The summed E-state index contributed by atoms with van der Waals surface area (Å²) in [5.74, 6) is 1.70. The molecule has 106 valence electrons. The quantitative estimate of drug-likeness (QED) is 0.859. The number of carbonyl (C=O) groups excluding carboxylic acids is 1. The highest BCUT2D eigenvalue weighted by Crippen LogP contribution is 2.33. The molecule has 1 fully saturated rings. The van der Waals surface area contributed by atoms with Gasteiger partial charge in [-0.1, -0.05) is 0 Å². The van der Waals surface area contributed by atoms with Crippen LogP contribution in [-0.2, 0) is 4.79 Å². The van der Waals surface area contributed by atoms with Gasteiger partial charge in [0.1, 0.15) is 11.5 Å². The number of hydrogen-bond acceptors (Lipinski definition) is 5. The number of guanidine groups is 1. The third-order valence-corrected chi connectivity index (χ3v) is 3.40. The van der Waals surface area contributed by atoms with E-state index in [0.29, 0.717) is 23.5 Å². The normalized spacial score (nSPS) is 21.2. The van der Waals surface area contributed by atoms with Gasteiger partial charge >= 0.3 is 0 Å². The Balaban J connectivity index is 1.87. The third kappa shape index (κ3) is 2.41. The lowest BCUT2D eigenvalue weighted by atomic mass is 10.1. The summed E-state index contributed by atoms with van der Waals surface area (Å²) in [7, 11) is 3.16. The fourth-order valence-electron chi connectivity index (χ4n) is 2.15. The van der Waals surface area contributed by atoms with Gasteiger partial charge in [0.05, 0.1) is 14.2 Å². The van der Waals surface area contributed by atoms with Gasteiger partial charge in [0, 0.05) is 17.7 Å². The second-order valence-electron chi connectivity index (χ2n) is 4.90. The van der Waals surface area contributed by atoms with Gasteiger partial charge in [-0.25, -0.2) is 4.99 Å². The Morgan fingerprint density at radius 2 is 2.10 bits per heavy atom. The van der Waals surface area contributed by atoms with E-state index in [-0.39, 0.29) is 5.91 Å². The smallest absolute Gasteiger partial charge is 0.256 e. The molecular formula is C14H17N3O3. The molecule has 0 aromatic heterocycles. The van der Waals surface area contributed by atoms with Crippen LogP contribution in [0.2, 0.25) is 0 Å². The molecule has 1 aliphatic carbocycles. The molecule has 6 heteroatoms. The lowest BCUT2D eigenvalue weighted by molar-refractivity contribution is -0.120.